The highest BCUT2D eigenvalue weighted by atomic mass is 31.2. The summed E-state index contributed by atoms with van der Waals surface area (Å²) >= 11 is 0. The molecule has 0 bridgehead atoms. The largest absolute Gasteiger partial charge is 0.480 e. The molecule has 0 saturated heterocycles. The SMILES string of the molecule is CCCCC/C=C\C/C=C\CCCCCCCCCCCCCCCC(=O)NC(COP(=O)(O)OCC(O)COC(=O)CCCCCCCCCCC/C=C/CCCCCCCC)C(=O)O. The number of hydrogen-bond donors (Lipinski definition) is 4. The van der Waals surface area contributed by atoms with Gasteiger partial charge < -0.3 is 25.2 Å². The van der Waals surface area contributed by atoms with E-state index in [0.717, 1.165) is 44.9 Å². The molecule has 0 aliphatic carbocycles. The van der Waals surface area contributed by atoms with Crippen LogP contribution < -0.4 is 5.32 Å². The first kappa shape index (κ1) is 63.7. The fraction of sp³-hybridized carbons (Fsp3) is 0.833. The normalized spacial score (nSPS) is 13.8. The van der Waals surface area contributed by atoms with Crippen molar-refractivity contribution in [1.82, 2.24) is 5.32 Å². The van der Waals surface area contributed by atoms with E-state index >= 15 is 0 Å². The average Bonchev–Trinajstić information content (AvgIpc) is 3.29. The van der Waals surface area contributed by atoms with Crippen LogP contribution in [0.25, 0.3) is 0 Å². The third kappa shape index (κ3) is 48.2. The molecule has 0 aromatic rings. The highest BCUT2D eigenvalue weighted by Crippen LogP contribution is 2.43. The first-order chi connectivity index (χ1) is 32.1. The number of carbonyl (C=O) groups excluding carboxylic acids is 2. The molecule has 4 N–H and O–H groups in total. The van der Waals surface area contributed by atoms with Gasteiger partial charge in [0.25, 0.3) is 0 Å². The third-order valence-corrected chi connectivity index (χ3v) is 12.9. The van der Waals surface area contributed by atoms with E-state index in [-0.39, 0.29) is 12.8 Å². The van der Waals surface area contributed by atoms with Crippen molar-refractivity contribution in [3.05, 3.63) is 36.5 Å². The molecule has 0 spiro atoms. The highest BCUT2D eigenvalue weighted by molar-refractivity contribution is 7.47. The van der Waals surface area contributed by atoms with Crippen LogP contribution in [-0.4, -0.2) is 64.9 Å². The second kappa shape index (κ2) is 49.1. The van der Waals surface area contributed by atoms with Crippen molar-refractivity contribution in [2.45, 2.75) is 270 Å². The van der Waals surface area contributed by atoms with Gasteiger partial charge in [0.1, 0.15) is 12.7 Å². The zero-order chi connectivity index (χ0) is 48.4. The Labute approximate surface area is 403 Å². The molecule has 0 aromatic carbocycles. The molecule has 3 atom stereocenters. The Morgan fingerprint density at radius 1 is 0.485 bits per heavy atom. The second-order valence-electron chi connectivity index (χ2n) is 18.4. The Morgan fingerprint density at radius 3 is 1.27 bits per heavy atom. The van der Waals surface area contributed by atoms with E-state index < -0.39 is 57.6 Å². The van der Waals surface area contributed by atoms with E-state index in [0.29, 0.717) is 12.8 Å². The lowest BCUT2D eigenvalue weighted by Gasteiger charge is -2.18. The van der Waals surface area contributed by atoms with Crippen LogP contribution in [-0.2, 0) is 32.7 Å². The summed E-state index contributed by atoms with van der Waals surface area (Å²) in [5.41, 5.74) is 0. The minimum absolute atomic E-state index is 0.146. The molecule has 11 nitrogen and oxygen atoms in total. The number of nitrogens with one attached hydrogen (secondary N) is 1. The van der Waals surface area contributed by atoms with Crippen LogP contribution >= 0.6 is 7.82 Å². The number of carboxylic acid groups (broad SMARTS) is 1. The van der Waals surface area contributed by atoms with Gasteiger partial charge in [-0.25, -0.2) is 9.36 Å². The van der Waals surface area contributed by atoms with Crippen LogP contribution in [0.2, 0.25) is 0 Å². The Morgan fingerprint density at radius 2 is 0.833 bits per heavy atom. The van der Waals surface area contributed by atoms with Gasteiger partial charge >= 0.3 is 19.8 Å². The number of unbranched alkanes of at least 4 members (excludes halogenated alkanes) is 31. The van der Waals surface area contributed by atoms with Crippen molar-refractivity contribution in [2.75, 3.05) is 19.8 Å². The summed E-state index contributed by atoms with van der Waals surface area (Å²) in [5.74, 6) is -2.36. The maximum atomic E-state index is 12.4. The fourth-order valence-corrected chi connectivity index (χ4v) is 8.47. The summed E-state index contributed by atoms with van der Waals surface area (Å²) in [6.45, 7) is 2.61. The third-order valence-electron chi connectivity index (χ3n) is 11.9. The Bertz CT molecular complexity index is 1260. The summed E-state index contributed by atoms with van der Waals surface area (Å²) in [5, 5.41) is 22.0. The van der Waals surface area contributed by atoms with Crippen LogP contribution in [0.3, 0.4) is 0 Å². The first-order valence-corrected chi connectivity index (χ1v) is 28.5. The maximum absolute atomic E-state index is 12.4. The van der Waals surface area contributed by atoms with E-state index in [1.54, 1.807) is 0 Å². The molecular formula is C54H100NO10P. The summed E-state index contributed by atoms with van der Waals surface area (Å²) in [6.07, 6.45) is 55.9. The lowest BCUT2D eigenvalue weighted by atomic mass is 10.0. The number of hydrogen-bond acceptors (Lipinski definition) is 8. The molecule has 12 heteroatoms. The summed E-state index contributed by atoms with van der Waals surface area (Å²) in [4.78, 5) is 46.2. The van der Waals surface area contributed by atoms with Gasteiger partial charge in [-0.1, -0.05) is 211 Å². The van der Waals surface area contributed by atoms with Crippen molar-refractivity contribution >= 4 is 25.7 Å². The number of carbonyl (C=O) groups is 3. The van der Waals surface area contributed by atoms with Crippen molar-refractivity contribution in [3.8, 4) is 0 Å². The van der Waals surface area contributed by atoms with E-state index in [1.165, 1.54) is 173 Å². The van der Waals surface area contributed by atoms with Gasteiger partial charge in [0.05, 0.1) is 13.2 Å². The number of aliphatic carboxylic acids is 1. The number of carboxylic acids is 1. The number of amides is 1. The van der Waals surface area contributed by atoms with Crippen LogP contribution in [0, 0.1) is 0 Å². The second-order valence-corrected chi connectivity index (χ2v) is 19.9. The summed E-state index contributed by atoms with van der Waals surface area (Å²) in [7, 11) is -4.76. The van der Waals surface area contributed by atoms with Crippen molar-refractivity contribution in [3.63, 3.8) is 0 Å². The predicted octanol–water partition coefficient (Wildman–Crippen LogP) is 15.1. The molecule has 0 aromatic heterocycles. The molecule has 0 rings (SSSR count). The van der Waals surface area contributed by atoms with Gasteiger partial charge in [-0.05, 0) is 70.6 Å². The number of aliphatic hydroxyl groups is 1. The molecular weight excluding hydrogens is 854 g/mol. The van der Waals surface area contributed by atoms with Crippen molar-refractivity contribution < 1.29 is 47.8 Å². The van der Waals surface area contributed by atoms with Gasteiger partial charge in [-0.15, -0.1) is 0 Å². The Hall–Kier alpha value is -2.30. The van der Waals surface area contributed by atoms with Gasteiger partial charge in [0.2, 0.25) is 5.91 Å². The van der Waals surface area contributed by atoms with Crippen molar-refractivity contribution in [2.24, 2.45) is 0 Å². The number of phosphoric acid groups is 1. The monoisotopic (exact) mass is 954 g/mol. The fourth-order valence-electron chi connectivity index (χ4n) is 7.70. The van der Waals surface area contributed by atoms with E-state index in [4.69, 9.17) is 13.8 Å². The lowest BCUT2D eigenvalue weighted by molar-refractivity contribution is -0.147. The number of ether oxygens (including phenoxy) is 1. The standard InChI is InChI=1S/C54H100NO10P/c1-3-5-7-9-11-13-15-17-19-21-23-24-25-26-28-29-31-33-35-37-39-41-43-45-52(57)55-51(54(59)60)49-65-66(61,62)64-48-50(56)47-63-53(58)46-44-42-40-38-36-34-32-30-27-22-20-18-16-14-12-10-8-6-4-2/h11,13,17-20,50-51,56H,3-10,12,14-16,21-49H2,1-2H3,(H,55,57)(H,59,60)(H,61,62)/b13-11-,19-17-,20-18+. The quantitative estimate of drug-likeness (QED) is 0.0199. The number of allylic oxidation sites excluding steroid dienone is 6. The minimum Gasteiger partial charge on any atom is -0.480 e. The zero-order valence-corrected chi connectivity index (χ0v) is 43.2. The van der Waals surface area contributed by atoms with Crippen LogP contribution in [0.1, 0.15) is 258 Å². The predicted molar refractivity (Wildman–Crippen MR) is 272 cm³/mol. The molecule has 66 heavy (non-hydrogen) atoms. The summed E-state index contributed by atoms with van der Waals surface area (Å²) < 4.78 is 27.0. The smallest absolute Gasteiger partial charge is 0.472 e. The van der Waals surface area contributed by atoms with Crippen molar-refractivity contribution in [1.29, 1.82) is 0 Å². The van der Waals surface area contributed by atoms with Gasteiger partial charge in [0.15, 0.2) is 6.04 Å². The van der Waals surface area contributed by atoms with E-state index in [2.05, 4.69) is 55.6 Å². The van der Waals surface area contributed by atoms with Crippen LogP contribution in [0.5, 0.6) is 0 Å². The highest BCUT2D eigenvalue weighted by Gasteiger charge is 2.28. The molecule has 0 fully saturated rings. The molecule has 0 aliphatic rings. The molecule has 3 unspecified atom stereocenters. The number of esters is 1. The first-order valence-electron chi connectivity index (χ1n) is 27.0. The van der Waals surface area contributed by atoms with E-state index in [9.17, 15) is 34.1 Å². The molecule has 0 heterocycles. The van der Waals surface area contributed by atoms with E-state index in [1.807, 2.05) is 0 Å². The number of rotatable bonds is 51. The molecule has 0 saturated carbocycles. The minimum atomic E-state index is -4.76. The Balaban J connectivity index is 3.79. The number of phosphoric ester groups is 1. The van der Waals surface area contributed by atoms with Crippen LogP contribution in [0.4, 0.5) is 0 Å². The van der Waals surface area contributed by atoms with Crippen LogP contribution in [0.15, 0.2) is 36.5 Å². The van der Waals surface area contributed by atoms with Gasteiger partial charge in [0, 0.05) is 12.8 Å². The van der Waals surface area contributed by atoms with Gasteiger partial charge in [-0.2, -0.15) is 0 Å². The average molecular weight is 954 g/mol. The molecule has 386 valence electrons. The van der Waals surface area contributed by atoms with Gasteiger partial charge in [-0.3, -0.25) is 18.6 Å². The maximum Gasteiger partial charge on any atom is 0.472 e. The topological polar surface area (TPSA) is 169 Å². The number of aliphatic hydroxyl groups excluding tert-OH is 1. The lowest BCUT2D eigenvalue weighted by Crippen LogP contribution is -2.43. The molecule has 1 amide bonds. The summed E-state index contributed by atoms with van der Waals surface area (Å²) in [6, 6.07) is -1.55. The Kier molecular flexibility index (Phi) is 47.4. The molecule has 0 aliphatic heterocycles. The zero-order valence-electron chi connectivity index (χ0n) is 42.3. The molecule has 0 radical (unpaired) electrons.